The summed E-state index contributed by atoms with van der Waals surface area (Å²) in [5, 5.41) is 3.99. The van der Waals surface area contributed by atoms with Gasteiger partial charge in [0.25, 0.3) is 0 Å². The van der Waals surface area contributed by atoms with E-state index in [9.17, 15) is 0 Å². The molecule has 0 saturated carbocycles. The maximum absolute atomic E-state index is 6.21. The Labute approximate surface area is 172 Å². The van der Waals surface area contributed by atoms with Crippen molar-refractivity contribution in [1.29, 1.82) is 0 Å². The van der Waals surface area contributed by atoms with Crippen LogP contribution in [0, 0.1) is 0 Å². The van der Waals surface area contributed by atoms with E-state index in [-0.39, 0.29) is 6.04 Å². The molecule has 156 valence electrons. The third-order valence-electron chi connectivity index (χ3n) is 5.22. The number of benzene rings is 1. The quantitative estimate of drug-likeness (QED) is 0.383. The van der Waals surface area contributed by atoms with Gasteiger partial charge in [-0.1, -0.05) is 23.7 Å². The number of aliphatic imine (C=N–C) groups is 1. The zero-order chi connectivity index (χ0) is 19.6. The van der Waals surface area contributed by atoms with Gasteiger partial charge in [0, 0.05) is 37.7 Å². The first-order chi connectivity index (χ1) is 13.7. The normalized spacial score (nSPS) is 20.8. The smallest absolute Gasteiger partial charge is 0.188 e. The van der Waals surface area contributed by atoms with E-state index < -0.39 is 0 Å². The molecular formula is C20H32ClN5O2. The third-order valence-corrected chi connectivity index (χ3v) is 5.45. The van der Waals surface area contributed by atoms with Crippen molar-refractivity contribution >= 4 is 17.6 Å². The van der Waals surface area contributed by atoms with Gasteiger partial charge in [-0.25, -0.2) is 0 Å². The molecule has 2 aliphatic rings. The number of hydrogen-bond donors (Lipinski definition) is 2. The van der Waals surface area contributed by atoms with Gasteiger partial charge >= 0.3 is 0 Å². The van der Waals surface area contributed by atoms with Crippen molar-refractivity contribution in [1.82, 2.24) is 15.1 Å². The predicted octanol–water partition coefficient (Wildman–Crippen LogP) is 1.34. The molecule has 1 aromatic rings. The third kappa shape index (κ3) is 6.90. The molecule has 7 nitrogen and oxygen atoms in total. The van der Waals surface area contributed by atoms with E-state index in [2.05, 4.69) is 26.2 Å². The van der Waals surface area contributed by atoms with Crippen molar-refractivity contribution in [2.24, 2.45) is 10.7 Å². The van der Waals surface area contributed by atoms with Gasteiger partial charge in [-0.3, -0.25) is 14.8 Å². The van der Waals surface area contributed by atoms with Crippen LogP contribution in [0.5, 0.6) is 0 Å². The molecule has 2 fully saturated rings. The van der Waals surface area contributed by atoms with Crippen LogP contribution < -0.4 is 11.1 Å². The van der Waals surface area contributed by atoms with Gasteiger partial charge in [-0.05, 0) is 30.7 Å². The average molecular weight is 410 g/mol. The van der Waals surface area contributed by atoms with E-state index in [1.165, 1.54) is 5.56 Å². The fourth-order valence-corrected chi connectivity index (χ4v) is 3.82. The van der Waals surface area contributed by atoms with Crippen LogP contribution in [0.4, 0.5) is 0 Å². The zero-order valence-electron chi connectivity index (χ0n) is 16.5. The molecule has 3 rings (SSSR count). The Kier molecular flexibility index (Phi) is 8.82. The number of halogens is 1. The standard InChI is InChI=1S/C20H32ClN5O2/c21-18-4-1-3-17(15-18)19(26-9-13-28-14-10-26)16-24-20(22)23-5-2-6-25-7-11-27-12-8-25/h1,3-4,15,19H,2,5-14,16H2,(H3,22,23,24). The molecule has 2 heterocycles. The van der Waals surface area contributed by atoms with E-state index in [0.717, 1.165) is 77.1 Å². The Morgan fingerprint density at radius 1 is 1.14 bits per heavy atom. The fourth-order valence-electron chi connectivity index (χ4n) is 3.62. The van der Waals surface area contributed by atoms with E-state index in [1.54, 1.807) is 0 Å². The first-order valence-electron chi connectivity index (χ1n) is 10.1. The van der Waals surface area contributed by atoms with Crippen molar-refractivity contribution in [2.75, 3.05) is 72.2 Å². The van der Waals surface area contributed by atoms with Gasteiger partial charge in [-0.2, -0.15) is 0 Å². The van der Waals surface area contributed by atoms with Gasteiger partial charge in [0.1, 0.15) is 0 Å². The summed E-state index contributed by atoms with van der Waals surface area (Å²) in [7, 11) is 0. The second-order valence-electron chi connectivity index (χ2n) is 7.18. The fraction of sp³-hybridized carbons (Fsp3) is 0.650. The number of nitrogens with one attached hydrogen (secondary N) is 1. The highest BCUT2D eigenvalue weighted by atomic mass is 35.5. The summed E-state index contributed by atoms with van der Waals surface area (Å²) in [4.78, 5) is 9.43. The van der Waals surface area contributed by atoms with Gasteiger partial charge in [-0.15, -0.1) is 0 Å². The van der Waals surface area contributed by atoms with Crippen LogP contribution in [0.25, 0.3) is 0 Å². The molecule has 0 aliphatic carbocycles. The number of hydrogen-bond acceptors (Lipinski definition) is 5. The topological polar surface area (TPSA) is 75.3 Å². The highest BCUT2D eigenvalue weighted by molar-refractivity contribution is 6.30. The average Bonchev–Trinajstić information content (AvgIpc) is 2.73. The van der Waals surface area contributed by atoms with Crippen molar-refractivity contribution in [3.05, 3.63) is 34.9 Å². The summed E-state index contributed by atoms with van der Waals surface area (Å²) < 4.78 is 10.9. The summed E-state index contributed by atoms with van der Waals surface area (Å²) in [5.74, 6) is 0.502. The molecular weight excluding hydrogens is 378 g/mol. The summed E-state index contributed by atoms with van der Waals surface area (Å²) in [5.41, 5.74) is 7.28. The molecule has 1 aromatic carbocycles. The largest absolute Gasteiger partial charge is 0.379 e. The molecule has 1 atom stereocenters. The highest BCUT2D eigenvalue weighted by Crippen LogP contribution is 2.24. The van der Waals surface area contributed by atoms with Crippen LogP contribution in [0.3, 0.4) is 0 Å². The Bertz CT molecular complexity index is 618. The zero-order valence-corrected chi connectivity index (χ0v) is 17.2. The molecule has 3 N–H and O–H groups in total. The van der Waals surface area contributed by atoms with Crippen molar-refractivity contribution in [3.8, 4) is 0 Å². The van der Waals surface area contributed by atoms with E-state index >= 15 is 0 Å². The highest BCUT2D eigenvalue weighted by Gasteiger charge is 2.22. The Morgan fingerprint density at radius 3 is 2.57 bits per heavy atom. The van der Waals surface area contributed by atoms with Crippen LogP contribution in [0.15, 0.2) is 29.3 Å². The SMILES string of the molecule is NC(=NCC(c1cccc(Cl)c1)N1CCOCC1)NCCCN1CCOCC1. The monoisotopic (exact) mass is 409 g/mol. The molecule has 2 aliphatic heterocycles. The predicted molar refractivity (Wildman–Crippen MR) is 113 cm³/mol. The van der Waals surface area contributed by atoms with Gasteiger partial charge in [0.05, 0.1) is 39.0 Å². The minimum atomic E-state index is 0.149. The lowest BCUT2D eigenvalue weighted by Crippen LogP contribution is -2.41. The van der Waals surface area contributed by atoms with Crippen molar-refractivity contribution in [3.63, 3.8) is 0 Å². The maximum Gasteiger partial charge on any atom is 0.188 e. The summed E-state index contributed by atoms with van der Waals surface area (Å²) in [6, 6.07) is 8.16. The Morgan fingerprint density at radius 2 is 1.86 bits per heavy atom. The number of nitrogens with two attached hydrogens (primary N) is 1. The molecule has 2 saturated heterocycles. The lowest BCUT2D eigenvalue weighted by molar-refractivity contribution is 0.0180. The number of rotatable bonds is 8. The molecule has 0 amide bonds. The van der Waals surface area contributed by atoms with Gasteiger partial charge < -0.3 is 20.5 Å². The van der Waals surface area contributed by atoms with Crippen LogP contribution in [0.1, 0.15) is 18.0 Å². The number of ether oxygens (including phenoxy) is 2. The Hall–Kier alpha value is -1.38. The molecule has 0 bridgehead atoms. The Balaban J connectivity index is 1.49. The van der Waals surface area contributed by atoms with Crippen molar-refractivity contribution < 1.29 is 9.47 Å². The second kappa shape index (κ2) is 11.6. The van der Waals surface area contributed by atoms with Gasteiger partial charge in [0.2, 0.25) is 0 Å². The minimum Gasteiger partial charge on any atom is -0.379 e. The van der Waals surface area contributed by atoms with Crippen LogP contribution in [-0.2, 0) is 9.47 Å². The minimum absolute atomic E-state index is 0.149. The van der Waals surface area contributed by atoms with E-state index in [0.29, 0.717) is 12.5 Å². The summed E-state index contributed by atoms with van der Waals surface area (Å²) in [6.07, 6.45) is 1.04. The number of guanidine groups is 1. The second-order valence-corrected chi connectivity index (χ2v) is 7.62. The van der Waals surface area contributed by atoms with Crippen LogP contribution in [-0.4, -0.2) is 88.0 Å². The van der Waals surface area contributed by atoms with Crippen molar-refractivity contribution in [2.45, 2.75) is 12.5 Å². The molecule has 0 spiro atoms. The molecule has 8 heteroatoms. The van der Waals surface area contributed by atoms with E-state index in [1.807, 2.05) is 18.2 Å². The summed E-state index contributed by atoms with van der Waals surface area (Å²) >= 11 is 6.21. The summed E-state index contributed by atoms with van der Waals surface area (Å²) in [6.45, 7) is 9.46. The van der Waals surface area contributed by atoms with Crippen LogP contribution >= 0.6 is 11.6 Å². The number of morpholine rings is 2. The molecule has 1 unspecified atom stereocenters. The molecule has 0 aromatic heterocycles. The van der Waals surface area contributed by atoms with E-state index in [4.69, 9.17) is 26.8 Å². The van der Waals surface area contributed by atoms with Gasteiger partial charge in [0.15, 0.2) is 5.96 Å². The van der Waals surface area contributed by atoms with Crippen LogP contribution in [0.2, 0.25) is 5.02 Å². The number of nitrogens with zero attached hydrogens (tertiary/aromatic N) is 3. The molecule has 28 heavy (non-hydrogen) atoms. The molecule has 0 radical (unpaired) electrons. The lowest BCUT2D eigenvalue weighted by Gasteiger charge is -2.34. The first-order valence-corrected chi connectivity index (χ1v) is 10.5. The first kappa shape index (κ1) is 21.3. The lowest BCUT2D eigenvalue weighted by atomic mass is 10.0. The maximum atomic E-state index is 6.21.